The summed E-state index contributed by atoms with van der Waals surface area (Å²) in [5.74, 6) is 0.199. The predicted octanol–water partition coefficient (Wildman–Crippen LogP) is 2.58. The topological polar surface area (TPSA) is 60.2 Å². The number of aryl methyl sites for hydroxylation is 1. The Labute approximate surface area is 111 Å². The summed E-state index contributed by atoms with van der Waals surface area (Å²) in [4.78, 5) is 0. The van der Waals surface area contributed by atoms with Gasteiger partial charge in [0.25, 0.3) is 0 Å². The van der Waals surface area contributed by atoms with E-state index in [0.717, 1.165) is 10.0 Å². The molecule has 96 valence electrons. The van der Waals surface area contributed by atoms with Crippen LogP contribution in [0.15, 0.2) is 22.7 Å². The Bertz CT molecular complexity index is 485. The van der Waals surface area contributed by atoms with Crippen molar-refractivity contribution in [3.8, 4) is 0 Å². The molecule has 0 saturated carbocycles. The van der Waals surface area contributed by atoms with Gasteiger partial charge in [-0.2, -0.15) is 0 Å². The van der Waals surface area contributed by atoms with Crippen molar-refractivity contribution in [2.75, 3.05) is 12.0 Å². The molecule has 0 heterocycles. The molecule has 2 N–H and O–H groups in total. The van der Waals surface area contributed by atoms with Gasteiger partial charge < -0.3 is 5.73 Å². The lowest BCUT2D eigenvalue weighted by atomic mass is 10.0. The molecule has 1 atom stereocenters. The highest BCUT2D eigenvalue weighted by atomic mass is 79.9. The zero-order valence-corrected chi connectivity index (χ0v) is 12.5. The number of nitrogens with two attached hydrogens (primary N) is 1. The van der Waals surface area contributed by atoms with Crippen molar-refractivity contribution in [1.29, 1.82) is 0 Å². The van der Waals surface area contributed by atoms with Crippen LogP contribution in [0, 0.1) is 6.92 Å². The van der Waals surface area contributed by atoms with Crippen molar-refractivity contribution in [3.05, 3.63) is 33.8 Å². The molecule has 1 aromatic carbocycles. The lowest BCUT2D eigenvalue weighted by molar-refractivity contribution is 0.587. The lowest BCUT2D eigenvalue weighted by Gasteiger charge is -2.14. The fourth-order valence-electron chi connectivity index (χ4n) is 1.65. The molecule has 0 aliphatic rings. The number of benzene rings is 1. The first-order valence-corrected chi connectivity index (χ1v) is 8.34. The van der Waals surface area contributed by atoms with Crippen LogP contribution in [0.3, 0.4) is 0 Å². The minimum atomic E-state index is -2.89. The first-order chi connectivity index (χ1) is 7.79. The van der Waals surface area contributed by atoms with Crippen LogP contribution in [0.4, 0.5) is 0 Å². The molecular weight excluding hydrogens is 302 g/mol. The first kappa shape index (κ1) is 14.7. The second kappa shape index (κ2) is 5.98. The maximum absolute atomic E-state index is 11.0. The Hall–Kier alpha value is -0.390. The van der Waals surface area contributed by atoms with Gasteiger partial charge in [0.15, 0.2) is 0 Å². The van der Waals surface area contributed by atoms with Gasteiger partial charge in [0, 0.05) is 22.5 Å². The number of sulfone groups is 1. The Morgan fingerprint density at radius 2 is 2.06 bits per heavy atom. The van der Waals surface area contributed by atoms with E-state index in [0.29, 0.717) is 12.8 Å². The van der Waals surface area contributed by atoms with E-state index in [1.165, 1.54) is 11.8 Å². The summed E-state index contributed by atoms with van der Waals surface area (Å²) < 4.78 is 23.0. The van der Waals surface area contributed by atoms with Crippen LogP contribution < -0.4 is 5.73 Å². The summed E-state index contributed by atoms with van der Waals surface area (Å²) >= 11 is 3.48. The summed E-state index contributed by atoms with van der Waals surface area (Å²) in [5, 5.41) is 0. The van der Waals surface area contributed by atoms with Gasteiger partial charge in [0.05, 0.1) is 0 Å². The maximum Gasteiger partial charge on any atom is 0.147 e. The Morgan fingerprint density at radius 1 is 1.41 bits per heavy atom. The van der Waals surface area contributed by atoms with Gasteiger partial charge >= 0.3 is 0 Å². The Kier molecular flexibility index (Phi) is 5.16. The molecule has 17 heavy (non-hydrogen) atoms. The Balaban J connectivity index is 2.61. The summed E-state index contributed by atoms with van der Waals surface area (Å²) in [6, 6.07) is 5.90. The summed E-state index contributed by atoms with van der Waals surface area (Å²) in [6.45, 7) is 2.02. The molecule has 0 fully saturated rings. The molecular formula is C12H18BrNO2S. The van der Waals surface area contributed by atoms with Crippen molar-refractivity contribution < 1.29 is 8.42 Å². The van der Waals surface area contributed by atoms with E-state index in [1.807, 2.05) is 25.1 Å². The number of rotatable bonds is 5. The largest absolute Gasteiger partial charge is 0.324 e. The highest BCUT2D eigenvalue weighted by Gasteiger charge is 2.11. The predicted molar refractivity (Wildman–Crippen MR) is 74.8 cm³/mol. The smallest absolute Gasteiger partial charge is 0.147 e. The molecule has 0 radical (unpaired) electrons. The van der Waals surface area contributed by atoms with Gasteiger partial charge in [0.1, 0.15) is 9.84 Å². The van der Waals surface area contributed by atoms with Crippen molar-refractivity contribution in [1.82, 2.24) is 0 Å². The van der Waals surface area contributed by atoms with Crippen LogP contribution in [-0.4, -0.2) is 20.4 Å². The van der Waals surface area contributed by atoms with Gasteiger partial charge in [-0.25, -0.2) is 8.42 Å². The second-order valence-electron chi connectivity index (χ2n) is 4.40. The molecule has 0 aliphatic heterocycles. The molecule has 0 aliphatic carbocycles. The number of hydrogen-bond donors (Lipinski definition) is 1. The van der Waals surface area contributed by atoms with E-state index in [2.05, 4.69) is 15.9 Å². The minimum absolute atomic E-state index is 0.119. The second-order valence-corrected chi connectivity index (χ2v) is 7.52. The molecule has 0 spiro atoms. The summed E-state index contributed by atoms with van der Waals surface area (Å²) in [5.41, 5.74) is 8.25. The number of hydrogen-bond acceptors (Lipinski definition) is 3. The van der Waals surface area contributed by atoms with Crippen LogP contribution in [0.2, 0.25) is 0 Å². The summed E-state index contributed by atoms with van der Waals surface area (Å²) in [7, 11) is -2.89. The van der Waals surface area contributed by atoms with Crippen LogP contribution >= 0.6 is 15.9 Å². The van der Waals surface area contributed by atoms with Crippen molar-refractivity contribution >= 4 is 25.8 Å². The third-order valence-corrected chi connectivity index (χ3v) is 4.30. The van der Waals surface area contributed by atoms with Gasteiger partial charge in [0.2, 0.25) is 0 Å². The van der Waals surface area contributed by atoms with Gasteiger partial charge in [-0.05, 0) is 37.0 Å². The molecule has 1 unspecified atom stereocenters. The molecule has 1 rings (SSSR count). The zero-order chi connectivity index (χ0) is 13.1. The molecule has 0 aromatic heterocycles. The zero-order valence-electron chi connectivity index (χ0n) is 10.1. The average Bonchev–Trinajstić information content (AvgIpc) is 2.15. The third-order valence-electron chi connectivity index (χ3n) is 2.59. The summed E-state index contributed by atoms with van der Waals surface area (Å²) in [6.07, 6.45) is 2.52. The van der Waals surface area contributed by atoms with Crippen LogP contribution in [0.25, 0.3) is 0 Å². The SMILES string of the molecule is Cc1ccc(C(N)CCCS(C)(=O)=O)c(Br)c1. The number of halogens is 1. The third kappa shape index (κ3) is 5.19. The maximum atomic E-state index is 11.0. The van der Waals surface area contributed by atoms with E-state index in [9.17, 15) is 8.42 Å². The normalized spacial score (nSPS) is 13.6. The van der Waals surface area contributed by atoms with Crippen LogP contribution in [-0.2, 0) is 9.84 Å². The highest BCUT2D eigenvalue weighted by Crippen LogP contribution is 2.25. The molecule has 0 amide bonds. The van der Waals surface area contributed by atoms with E-state index < -0.39 is 9.84 Å². The highest BCUT2D eigenvalue weighted by molar-refractivity contribution is 9.10. The van der Waals surface area contributed by atoms with Crippen molar-refractivity contribution in [2.24, 2.45) is 5.73 Å². The standard InChI is InChI=1S/C12H18BrNO2S/c1-9-5-6-10(11(13)8-9)12(14)4-3-7-17(2,15)16/h5-6,8,12H,3-4,7,14H2,1-2H3. The Morgan fingerprint density at radius 3 is 2.59 bits per heavy atom. The molecule has 0 bridgehead atoms. The lowest BCUT2D eigenvalue weighted by Crippen LogP contribution is -2.13. The minimum Gasteiger partial charge on any atom is -0.324 e. The van der Waals surface area contributed by atoms with Gasteiger partial charge in [-0.3, -0.25) is 0 Å². The quantitative estimate of drug-likeness (QED) is 0.907. The molecule has 1 aromatic rings. The van der Waals surface area contributed by atoms with Crippen LogP contribution in [0.5, 0.6) is 0 Å². The average molecular weight is 320 g/mol. The fourth-order valence-corrected chi connectivity index (χ4v) is 3.13. The van der Waals surface area contributed by atoms with Gasteiger partial charge in [-0.15, -0.1) is 0 Å². The van der Waals surface area contributed by atoms with Crippen LogP contribution in [0.1, 0.15) is 30.0 Å². The monoisotopic (exact) mass is 319 g/mol. The molecule has 3 nitrogen and oxygen atoms in total. The molecule has 0 saturated heterocycles. The van der Waals surface area contributed by atoms with E-state index in [1.54, 1.807) is 0 Å². The van der Waals surface area contributed by atoms with Crippen molar-refractivity contribution in [2.45, 2.75) is 25.8 Å². The first-order valence-electron chi connectivity index (χ1n) is 5.49. The van der Waals surface area contributed by atoms with E-state index >= 15 is 0 Å². The molecule has 5 heteroatoms. The van der Waals surface area contributed by atoms with E-state index in [-0.39, 0.29) is 11.8 Å². The van der Waals surface area contributed by atoms with E-state index in [4.69, 9.17) is 5.73 Å². The van der Waals surface area contributed by atoms with Gasteiger partial charge in [-0.1, -0.05) is 28.1 Å². The fraction of sp³-hybridized carbons (Fsp3) is 0.500. The van der Waals surface area contributed by atoms with Crippen molar-refractivity contribution in [3.63, 3.8) is 0 Å².